The summed E-state index contributed by atoms with van der Waals surface area (Å²) >= 11 is 8.33. The van der Waals surface area contributed by atoms with Crippen LogP contribution in [0, 0.1) is 13.8 Å². The molecule has 4 rings (SSSR count). The highest BCUT2D eigenvalue weighted by molar-refractivity contribution is 9.11. The Kier molecular flexibility index (Phi) is 7.80. The van der Waals surface area contributed by atoms with Gasteiger partial charge in [0.1, 0.15) is 6.61 Å². The Bertz CT molecular complexity index is 1300. The monoisotopic (exact) mass is 600 g/mol. The molecule has 1 amide bonds. The average Bonchev–Trinajstić information content (AvgIpc) is 3.11. The minimum absolute atomic E-state index is 0.174. The van der Waals surface area contributed by atoms with Crippen molar-refractivity contribution in [1.82, 2.24) is 5.32 Å². The summed E-state index contributed by atoms with van der Waals surface area (Å²) in [7, 11) is 1.60. The number of aryl methyl sites for hydroxylation is 2. The number of amidine groups is 1. The van der Waals surface area contributed by atoms with Crippen molar-refractivity contribution in [2.45, 2.75) is 20.5 Å². The summed E-state index contributed by atoms with van der Waals surface area (Å²) in [5.41, 5.74) is 4.94. The SMILES string of the molecule is COc1cc(/C=C2\SC(=Nc3cc(C)cc(C)c3)NC2=O)ccc1OCc1ccc(Br)cc1Br. The van der Waals surface area contributed by atoms with Crippen LogP contribution in [-0.4, -0.2) is 18.2 Å². The van der Waals surface area contributed by atoms with Gasteiger partial charge in [0.05, 0.1) is 17.7 Å². The van der Waals surface area contributed by atoms with E-state index in [4.69, 9.17) is 9.47 Å². The van der Waals surface area contributed by atoms with Gasteiger partial charge in [-0.3, -0.25) is 4.79 Å². The first-order valence-corrected chi connectivity index (χ1v) is 12.8. The molecule has 34 heavy (non-hydrogen) atoms. The molecule has 0 radical (unpaired) electrons. The van der Waals surface area contributed by atoms with E-state index >= 15 is 0 Å². The fourth-order valence-electron chi connectivity index (χ4n) is 3.45. The summed E-state index contributed by atoms with van der Waals surface area (Å²) in [4.78, 5) is 17.7. The molecule has 0 atom stereocenters. The maximum atomic E-state index is 12.5. The summed E-state index contributed by atoms with van der Waals surface area (Å²) < 4.78 is 13.5. The second kappa shape index (κ2) is 10.8. The smallest absolute Gasteiger partial charge is 0.264 e. The minimum atomic E-state index is -0.174. The average molecular weight is 602 g/mol. The number of nitrogens with one attached hydrogen (secondary N) is 1. The zero-order valence-corrected chi connectivity index (χ0v) is 22.8. The zero-order valence-electron chi connectivity index (χ0n) is 18.8. The highest BCUT2D eigenvalue weighted by atomic mass is 79.9. The number of carbonyl (C=O) groups is 1. The summed E-state index contributed by atoms with van der Waals surface area (Å²) in [6, 6.07) is 17.6. The van der Waals surface area contributed by atoms with Crippen LogP contribution < -0.4 is 14.8 Å². The van der Waals surface area contributed by atoms with Gasteiger partial charge in [0, 0.05) is 14.5 Å². The van der Waals surface area contributed by atoms with Crippen molar-refractivity contribution < 1.29 is 14.3 Å². The van der Waals surface area contributed by atoms with Gasteiger partial charge in [0.15, 0.2) is 16.7 Å². The van der Waals surface area contributed by atoms with Crippen LogP contribution in [-0.2, 0) is 11.4 Å². The summed E-state index contributed by atoms with van der Waals surface area (Å²) in [6.07, 6.45) is 1.82. The van der Waals surface area contributed by atoms with Crippen molar-refractivity contribution in [3.63, 3.8) is 0 Å². The molecule has 1 saturated heterocycles. The molecule has 3 aromatic rings. The highest BCUT2D eigenvalue weighted by Gasteiger charge is 2.24. The van der Waals surface area contributed by atoms with E-state index in [-0.39, 0.29) is 5.91 Å². The fourth-order valence-corrected chi connectivity index (χ4v) is 5.46. The van der Waals surface area contributed by atoms with Crippen molar-refractivity contribution in [2.75, 3.05) is 7.11 Å². The van der Waals surface area contributed by atoms with Gasteiger partial charge in [-0.1, -0.05) is 50.1 Å². The number of rotatable bonds is 6. The summed E-state index contributed by atoms with van der Waals surface area (Å²) in [5, 5.41) is 3.40. The highest BCUT2D eigenvalue weighted by Crippen LogP contribution is 2.33. The van der Waals surface area contributed by atoms with Crippen LogP contribution in [0.5, 0.6) is 11.5 Å². The number of hydrogen-bond donors (Lipinski definition) is 1. The first kappa shape index (κ1) is 24.6. The number of benzene rings is 3. The molecule has 0 saturated carbocycles. The summed E-state index contributed by atoms with van der Waals surface area (Å²) in [6.45, 7) is 4.45. The molecule has 8 heteroatoms. The minimum Gasteiger partial charge on any atom is -0.493 e. The number of halogens is 2. The number of aliphatic imine (C=N–C) groups is 1. The van der Waals surface area contributed by atoms with Gasteiger partial charge in [-0.15, -0.1) is 0 Å². The Morgan fingerprint density at radius 2 is 1.76 bits per heavy atom. The lowest BCUT2D eigenvalue weighted by molar-refractivity contribution is -0.115. The molecule has 1 heterocycles. The fraction of sp³-hybridized carbons (Fsp3) is 0.154. The van der Waals surface area contributed by atoms with Gasteiger partial charge in [0.2, 0.25) is 0 Å². The van der Waals surface area contributed by atoms with Gasteiger partial charge < -0.3 is 14.8 Å². The molecule has 174 valence electrons. The van der Waals surface area contributed by atoms with E-state index in [1.807, 2.05) is 68.5 Å². The van der Waals surface area contributed by atoms with E-state index in [0.29, 0.717) is 28.2 Å². The third-order valence-electron chi connectivity index (χ3n) is 4.97. The van der Waals surface area contributed by atoms with Gasteiger partial charge in [0.25, 0.3) is 5.91 Å². The van der Waals surface area contributed by atoms with Crippen LogP contribution in [0.15, 0.2) is 73.4 Å². The zero-order chi connectivity index (χ0) is 24.2. The lowest BCUT2D eigenvalue weighted by Crippen LogP contribution is -2.19. The molecule has 5 nitrogen and oxygen atoms in total. The Morgan fingerprint density at radius 3 is 2.47 bits per heavy atom. The Labute approximate surface area is 219 Å². The van der Waals surface area contributed by atoms with Gasteiger partial charge in [-0.2, -0.15) is 0 Å². The first-order chi connectivity index (χ1) is 16.3. The van der Waals surface area contributed by atoms with Crippen molar-refractivity contribution in [1.29, 1.82) is 0 Å². The molecule has 1 aliphatic rings. The van der Waals surface area contributed by atoms with Crippen LogP contribution in [0.3, 0.4) is 0 Å². The molecule has 0 unspecified atom stereocenters. The molecule has 1 N–H and O–H groups in total. The maximum absolute atomic E-state index is 12.5. The van der Waals surface area contributed by atoms with Gasteiger partial charge in [-0.25, -0.2) is 4.99 Å². The van der Waals surface area contributed by atoms with Gasteiger partial charge >= 0.3 is 0 Å². The molecule has 0 aromatic heterocycles. The maximum Gasteiger partial charge on any atom is 0.264 e. The number of methoxy groups -OCH3 is 1. The Morgan fingerprint density at radius 1 is 1.00 bits per heavy atom. The second-order valence-electron chi connectivity index (χ2n) is 7.76. The number of amides is 1. The van der Waals surface area contributed by atoms with Crippen LogP contribution in [0.25, 0.3) is 6.08 Å². The molecule has 1 fully saturated rings. The van der Waals surface area contributed by atoms with E-state index in [2.05, 4.69) is 48.2 Å². The predicted octanol–water partition coefficient (Wildman–Crippen LogP) is 7.31. The standard InChI is InChI=1S/C26H22Br2N2O3S/c1-15-8-16(2)10-20(9-15)29-26-30-25(31)24(34-26)12-17-4-7-22(23(11-17)32-3)33-14-18-5-6-19(27)13-21(18)28/h4-13H,14H2,1-3H3,(H,29,30,31)/b24-12-. The van der Waals surface area contributed by atoms with Gasteiger partial charge in [-0.05, 0) is 84.8 Å². The number of hydrogen-bond acceptors (Lipinski definition) is 5. The van der Waals surface area contributed by atoms with Crippen molar-refractivity contribution >= 4 is 66.5 Å². The number of nitrogens with zero attached hydrogens (tertiary/aromatic N) is 1. The molecule has 1 aliphatic heterocycles. The lowest BCUT2D eigenvalue weighted by Gasteiger charge is -2.12. The molecular weight excluding hydrogens is 580 g/mol. The van der Waals surface area contributed by atoms with Crippen LogP contribution in [0.2, 0.25) is 0 Å². The van der Waals surface area contributed by atoms with Crippen LogP contribution >= 0.6 is 43.6 Å². The van der Waals surface area contributed by atoms with Crippen LogP contribution in [0.1, 0.15) is 22.3 Å². The third kappa shape index (κ3) is 6.11. The second-order valence-corrected chi connectivity index (χ2v) is 10.6. The van der Waals surface area contributed by atoms with E-state index in [9.17, 15) is 4.79 Å². The topological polar surface area (TPSA) is 59.9 Å². The van der Waals surface area contributed by atoms with E-state index in [1.54, 1.807) is 7.11 Å². The molecule has 0 bridgehead atoms. The van der Waals surface area contributed by atoms with E-state index < -0.39 is 0 Å². The molecule has 0 aliphatic carbocycles. The normalized spacial score (nSPS) is 15.6. The number of thioether (sulfide) groups is 1. The van der Waals surface area contributed by atoms with Crippen molar-refractivity contribution in [3.05, 3.63) is 90.7 Å². The Hall–Kier alpha value is -2.55. The first-order valence-electron chi connectivity index (χ1n) is 10.4. The largest absolute Gasteiger partial charge is 0.493 e. The number of ether oxygens (including phenoxy) is 2. The molecule has 0 spiro atoms. The molecular formula is C26H22Br2N2O3S. The van der Waals surface area contributed by atoms with Crippen molar-refractivity contribution in [2.24, 2.45) is 4.99 Å². The summed E-state index contributed by atoms with van der Waals surface area (Å²) in [5.74, 6) is 1.04. The predicted molar refractivity (Wildman–Crippen MR) is 146 cm³/mol. The van der Waals surface area contributed by atoms with Crippen molar-refractivity contribution in [3.8, 4) is 11.5 Å². The Balaban J connectivity index is 1.50. The van der Waals surface area contributed by atoms with E-state index in [0.717, 1.165) is 36.9 Å². The lowest BCUT2D eigenvalue weighted by atomic mass is 10.1. The number of carbonyl (C=O) groups excluding carboxylic acids is 1. The van der Waals surface area contributed by atoms with Crippen LogP contribution in [0.4, 0.5) is 5.69 Å². The molecule has 3 aromatic carbocycles. The van der Waals surface area contributed by atoms with E-state index in [1.165, 1.54) is 11.8 Å². The third-order valence-corrected chi connectivity index (χ3v) is 7.11. The quantitative estimate of drug-likeness (QED) is 0.301.